The summed E-state index contributed by atoms with van der Waals surface area (Å²) in [4.78, 5) is 0. The lowest BCUT2D eigenvalue weighted by Gasteiger charge is -2.28. The minimum absolute atomic E-state index is 0.366. The van der Waals surface area contributed by atoms with Crippen LogP contribution in [0, 0.1) is 20.8 Å². The number of hydrogen-bond donors (Lipinski definition) is 1. The smallest absolute Gasteiger partial charge is 0.128 e. The highest BCUT2D eigenvalue weighted by molar-refractivity contribution is 5.50. The van der Waals surface area contributed by atoms with Gasteiger partial charge < -0.3 is 5.32 Å². The van der Waals surface area contributed by atoms with Crippen LogP contribution in [-0.2, 0) is 6.42 Å². The van der Waals surface area contributed by atoms with Crippen LogP contribution in [0.25, 0.3) is 0 Å². The van der Waals surface area contributed by atoms with Crippen LogP contribution in [-0.4, -0.2) is 16.3 Å². The molecule has 3 heteroatoms. The summed E-state index contributed by atoms with van der Waals surface area (Å²) in [6.07, 6.45) is 2.09. The van der Waals surface area contributed by atoms with E-state index in [4.69, 9.17) is 5.10 Å². The molecule has 106 valence electrons. The number of rotatable bonds is 2. The third-order valence-corrected chi connectivity index (χ3v) is 4.38. The Balaban J connectivity index is 2.12. The van der Waals surface area contributed by atoms with Crippen LogP contribution < -0.4 is 5.32 Å². The molecule has 1 atom stereocenters. The third-order valence-electron chi connectivity index (χ3n) is 4.38. The molecule has 1 aromatic carbocycles. The monoisotopic (exact) mass is 269 g/mol. The molecule has 3 rings (SSSR count). The van der Waals surface area contributed by atoms with Gasteiger partial charge in [-0.25, -0.2) is 4.68 Å². The van der Waals surface area contributed by atoms with Crippen molar-refractivity contribution in [3.05, 3.63) is 46.1 Å². The van der Waals surface area contributed by atoms with Crippen LogP contribution in [0.3, 0.4) is 0 Å². The molecule has 0 saturated heterocycles. The highest BCUT2D eigenvalue weighted by Gasteiger charge is 2.26. The van der Waals surface area contributed by atoms with Gasteiger partial charge in [0.15, 0.2) is 0 Å². The molecule has 1 aliphatic heterocycles. The van der Waals surface area contributed by atoms with Crippen LogP contribution in [0.2, 0.25) is 0 Å². The number of aromatic nitrogens is 2. The van der Waals surface area contributed by atoms with Crippen LogP contribution in [0.5, 0.6) is 0 Å². The van der Waals surface area contributed by atoms with Crippen LogP contribution >= 0.6 is 0 Å². The van der Waals surface area contributed by atoms with Gasteiger partial charge in [0, 0.05) is 12.1 Å². The Bertz CT molecular complexity index is 640. The predicted molar refractivity (Wildman–Crippen MR) is 83.5 cm³/mol. The Morgan fingerprint density at radius 3 is 2.85 bits per heavy atom. The molecule has 0 spiro atoms. The molecule has 2 heterocycles. The number of benzene rings is 1. The largest absolute Gasteiger partial charge is 0.370 e. The number of nitrogens with zero attached hydrogens (tertiary/aromatic N) is 2. The lowest BCUT2D eigenvalue weighted by molar-refractivity contribution is 0.476. The van der Waals surface area contributed by atoms with Crippen molar-refractivity contribution in [1.29, 1.82) is 0 Å². The van der Waals surface area contributed by atoms with Gasteiger partial charge in [-0.1, -0.05) is 30.7 Å². The molecule has 0 bridgehead atoms. The molecule has 0 fully saturated rings. The van der Waals surface area contributed by atoms with E-state index in [0.717, 1.165) is 19.4 Å². The van der Waals surface area contributed by atoms with Gasteiger partial charge in [0.2, 0.25) is 0 Å². The fraction of sp³-hybridized carbons (Fsp3) is 0.471. The van der Waals surface area contributed by atoms with Crippen LogP contribution in [0.15, 0.2) is 18.2 Å². The van der Waals surface area contributed by atoms with Crippen molar-refractivity contribution >= 4 is 5.82 Å². The average molecular weight is 269 g/mol. The average Bonchev–Trinajstić information content (AvgIpc) is 2.78. The summed E-state index contributed by atoms with van der Waals surface area (Å²) in [6, 6.07) is 7.10. The van der Waals surface area contributed by atoms with Crippen molar-refractivity contribution in [2.45, 2.75) is 46.6 Å². The number of anilines is 1. The highest BCUT2D eigenvalue weighted by Crippen LogP contribution is 2.34. The molecule has 1 aromatic heterocycles. The molecule has 0 radical (unpaired) electrons. The molecule has 1 aliphatic rings. The first-order valence-electron chi connectivity index (χ1n) is 7.50. The Morgan fingerprint density at radius 2 is 2.10 bits per heavy atom. The molecule has 1 unspecified atom stereocenters. The van der Waals surface area contributed by atoms with Crippen molar-refractivity contribution < 1.29 is 0 Å². The van der Waals surface area contributed by atoms with Crippen molar-refractivity contribution in [1.82, 2.24) is 9.78 Å². The molecule has 20 heavy (non-hydrogen) atoms. The van der Waals surface area contributed by atoms with Gasteiger partial charge in [0.1, 0.15) is 5.82 Å². The Labute approximate surface area is 121 Å². The van der Waals surface area contributed by atoms with E-state index >= 15 is 0 Å². The third kappa shape index (κ3) is 2.01. The standard InChI is InChI=1S/C17H23N3/c1-5-15-13(4)17-18-9-8-16(20(17)19-15)14-10-11(2)6-7-12(14)3/h6-7,10,16,18H,5,8-9H2,1-4H3. The predicted octanol–water partition coefficient (Wildman–Crippen LogP) is 3.78. The maximum absolute atomic E-state index is 4.85. The summed E-state index contributed by atoms with van der Waals surface area (Å²) in [5, 5.41) is 8.37. The van der Waals surface area contributed by atoms with Gasteiger partial charge in [0.25, 0.3) is 0 Å². The molecular formula is C17H23N3. The second-order valence-corrected chi connectivity index (χ2v) is 5.81. The van der Waals surface area contributed by atoms with Crippen molar-refractivity contribution in [3.8, 4) is 0 Å². The zero-order chi connectivity index (χ0) is 14.3. The van der Waals surface area contributed by atoms with E-state index in [2.05, 4.69) is 55.9 Å². The van der Waals surface area contributed by atoms with E-state index < -0.39 is 0 Å². The first-order chi connectivity index (χ1) is 9.61. The summed E-state index contributed by atoms with van der Waals surface area (Å²) >= 11 is 0. The highest BCUT2D eigenvalue weighted by atomic mass is 15.4. The number of hydrogen-bond acceptors (Lipinski definition) is 2. The summed E-state index contributed by atoms with van der Waals surface area (Å²) in [7, 11) is 0. The van der Waals surface area contributed by atoms with E-state index in [1.54, 1.807) is 0 Å². The second-order valence-electron chi connectivity index (χ2n) is 5.81. The topological polar surface area (TPSA) is 29.9 Å². The second kappa shape index (κ2) is 4.97. The van der Waals surface area contributed by atoms with Crippen molar-refractivity contribution in [2.75, 3.05) is 11.9 Å². The van der Waals surface area contributed by atoms with E-state index in [1.165, 1.54) is 33.8 Å². The maximum Gasteiger partial charge on any atom is 0.128 e. The van der Waals surface area contributed by atoms with E-state index in [-0.39, 0.29) is 0 Å². The van der Waals surface area contributed by atoms with E-state index in [1.807, 2.05) is 0 Å². The van der Waals surface area contributed by atoms with Crippen molar-refractivity contribution in [3.63, 3.8) is 0 Å². The summed E-state index contributed by atoms with van der Waals surface area (Å²) in [5.74, 6) is 1.21. The fourth-order valence-electron chi connectivity index (χ4n) is 3.19. The molecule has 2 aromatic rings. The van der Waals surface area contributed by atoms with Gasteiger partial charge in [-0.15, -0.1) is 0 Å². The Morgan fingerprint density at radius 1 is 1.30 bits per heavy atom. The lowest BCUT2D eigenvalue weighted by Crippen LogP contribution is -2.25. The Kier molecular flexibility index (Phi) is 3.28. The van der Waals surface area contributed by atoms with Crippen molar-refractivity contribution in [2.24, 2.45) is 0 Å². The van der Waals surface area contributed by atoms with Gasteiger partial charge in [-0.2, -0.15) is 5.10 Å². The summed E-state index contributed by atoms with van der Waals surface area (Å²) in [6.45, 7) is 9.74. The molecule has 3 nitrogen and oxygen atoms in total. The molecule has 0 amide bonds. The first kappa shape index (κ1) is 13.2. The summed E-state index contributed by atoms with van der Waals surface area (Å²) in [5.41, 5.74) is 6.62. The van der Waals surface area contributed by atoms with E-state index in [9.17, 15) is 0 Å². The zero-order valence-corrected chi connectivity index (χ0v) is 12.8. The molecule has 1 N–H and O–H groups in total. The first-order valence-corrected chi connectivity index (χ1v) is 7.50. The van der Waals surface area contributed by atoms with E-state index in [0.29, 0.717) is 6.04 Å². The molecule has 0 saturated carbocycles. The quantitative estimate of drug-likeness (QED) is 0.899. The normalized spacial score (nSPS) is 17.7. The maximum atomic E-state index is 4.85. The lowest BCUT2D eigenvalue weighted by atomic mass is 9.96. The zero-order valence-electron chi connectivity index (χ0n) is 12.8. The SMILES string of the molecule is CCc1nn2c(c1C)NCCC2c1cc(C)ccc1C. The van der Waals surface area contributed by atoms with Crippen LogP contribution in [0.4, 0.5) is 5.82 Å². The van der Waals surface area contributed by atoms with Gasteiger partial charge in [-0.05, 0) is 44.7 Å². The minimum Gasteiger partial charge on any atom is -0.370 e. The van der Waals surface area contributed by atoms with Gasteiger partial charge in [-0.3, -0.25) is 0 Å². The molecule has 0 aliphatic carbocycles. The number of nitrogens with one attached hydrogen (secondary N) is 1. The van der Waals surface area contributed by atoms with Gasteiger partial charge >= 0.3 is 0 Å². The van der Waals surface area contributed by atoms with Gasteiger partial charge in [0.05, 0.1) is 11.7 Å². The number of fused-ring (bicyclic) bond motifs is 1. The minimum atomic E-state index is 0.366. The van der Waals surface area contributed by atoms with Crippen LogP contribution in [0.1, 0.15) is 47.3 Å². The summed E-state index contributed by atoms with van der Waals surface area (Å²) < 4.78 is 2.21. The fourth-order valence-corrected chi connectivity index (χ4v) is 3.19. The molecular weight excluding hydrogens is 246 g/mol. The Hall–Kier alpha value is -1.77. The number of aryl methyl sites for hydroxylation is 3.